The van der Waals surface area contributed by atoms with Crippen LogP contribution in [0.25, 0.3) is 0 Å². The van der Waals surface area contributed by atoms with E-state index in [0.717, 1.165) is 70.8 Å². The van der Waals surface area contributed by atoms with E-state index in [-0.39, 0.29) is 12.0 Å². The van der Waals surface area contributed by atoms with E-state index in [4.69, 9.17) is 4.74 Å². The molecule has 0 spiro atoms. The number of hydroxylamine groups is 2. The van der Waals surface area contributed by atoms with Crippen LogP contribution in [0.5, 0.6) is 0 Å². The van der Waals surface area contributed by atoms with Crippen molar-refractivity contribution in [2.45, 2.75) is 253 Å². The van der Waals surface area contributed by atoms with Gasteiger partial charge in [-0.05, 0) is 57.6 Å². The lowest BCUT2D eigenvalue weighted by molar-refractivity contribution is -1.09. The predicted octanol–water partition coefficient (Wildman–Crippen LogP) is 12.8. The smallest absolute Gasteiger partial charge is 0.293 e. The Labute approximate surface area is 347 Å². The molecule has 0 saturated carbocycles. The summed E-state index contributed by atoms with van der Waals surface area (Å²) in [6.45, 7) is 13.9. The molecule has 0 heterocycles. The largest absolute Gasteiger partial charge is 0.465 e. The van der Waals surface area contributed by atoms with E-state index < -0.39 is 0 Å². The second kappa shape index (κ2) is 52.9. The maximum Gasteiger partial charge on any atom is 0.293 e. The SMILES string of the molecule is CCCCCCCC.CCCCCCCC(CCCCCC)OC=O.CCCCCCCCCC(=O)CCCCCCCC[NH+](O)CCCNC(=O)CSC. The molecular weight excluding hydrogens is 705 g/mol. The average molecular weight is 802 g/mol. The van der Waals surface area contributed by atoms with Crippen molar-refractivity contribution in [1.82, 2.24) is 5.32 Å². The third kappa shape index (κ3) is 55.0. The summed E-state index contributed by atoms with van der Waals surface area (Å²) in [5.74, 6) is 1.03. The molecule has 55 heavy (non-hydrogen) atoms. The maximum atomic E-state index is 11.9. The van der Waals surface area contributed by atoms with Crippen LogP contribution in [0.2, 0.25) is 0 Å². The van der Waals surface area contributed by atoms with Crippen LogP contribution >= 0.6 is 11.8 Å². The molecule has 330 valence electrons. The highest BCUT2D eigenvalue weighted by Crippen LogP contribution is 2.15. The number of hydrogen-bond donors (Lipinski definition) is 3. The molecule has 2 unspecified atom stereocenters. The van der Waals surface area contributed by atoms with Gasteiger partial charge in [0.2, 0.25) is 5.91 Å². The van der Waals surface area contributed by atoms with E-state index in [1.807, 2.05) is 6.26 Å². The van der Waals surface area contributed by atoms with Crippen LogP contribution in [0.4, 0.5) is 0 Å². The average Bonchev–Trinajstić information content (AvgIpc) is 3.18. The molecule has 0 aliphatic rings. The second-order valence-electron chi connectivity index (χ2n) is 15.8. The summed E-state index contributed by atoms with van der Waals surface area (Å²) in [7, 11) is 0. The lowest BCUT2D eigenvalue weighted by atomic mass is 10.0. The molecule has 7 nitrogen and oxygen atoms in total. The van der Waals surface area contributed by atoms with Gasteiger partial charge in [0.1, 0.15) is 25.0 Å². The van der Waals surface area contributed by atoms with Crippen molar-refractivity contribution in [3.63, 3.8) is 0 Å². The van der Waals surface area contributed by atoms with Crippen LogP contribution in [-0.2, 0) is 19.1 Å². The van der Waals surface area contributed by atoms with Gasteiger partial charge in [-0.3, -0.25) is 14.4 Å². The van der Waals surface area contributed by atoms with Gasteiger partial charge in [0.15, 0.2) is 0 Å². The van der Waals surface area contributed by atoms with E-state index in [2.05, 4.69) is 39.9 Å². The van der Waals surface area contributed by atoms with Crippen molar-refractivity contribution in [3.05, 3.63) is 0 Å². The number of rotatable bonds is 41. The Kier molecular flexibility index (Phi) is 56.0. The van der Waals surface area contributed by atoms with Crippen LogP contribution < -0.4 is 10.4 Å². The molecule has 1 amide bonds. The monoisotopic (exact) mass is 802 g/mol. The number of ketones is 1. The van der Waals surface area contributed by atoms with E-state index >= 15 is 0 Å². The van der Waals surface area contributed by atoms with Gasteiger partial charge in [-0.15, -0.1) is 0 Å². The molecule has 0 aliphatic carbocycles. The molecular formula is C47H97N2O5S+. The molecule has 0 aromatic rings. The van der Waals surface area contributed by atoms with E-state index in [1.54, 1.807) is 0 Å². The summed E-state index contributed by atoms with van der Waals surface area (Å²) in [4.78, 5) is 33.7. The first kappa shape index (κ1) is 58.2. The summed E-state index contributed by atoms with van der Waals surface area (Å²) in [5, 5.41) is 13.3. The summed E-state index contributed by atoms with van der Waals surface area (Å²) in [6, 6.07) is 0. The molecule has 0 radical (unpaired) electrons. The molecule has 0 aromatic carbocycles. The van der Waals surface area contributed by atoms with Crippen molar-refractivity contribution < 1.29 is 29.4 Å². The van der Waals surface area contributed by atoms with Crippen LogP contribution in [-0.4, -0.2) is 61.1 Å². The van der Waals surface area contributed by atoms with Crippen molar-refractivity contribution >= 4 is 29.9 Å². The number of hydrogen-bond acceptors (Lipinski definition) is 6. The quantitative estimate of drug-likeness (QED) is 0.0324. The first-order valence-electron chi connectivity index (χ1n) is 23.8. The van der Waals surface area contributed by atoms with Crippen LogP contribution in [0.3, 0.4) is 0 Å². The molecule has 0 aliphatic heterocycles. The van der Waals surface area contributed by atoms with Crippen LogP contribution in [0, 0.1) is 0 Å². The number of thioether (sulfide) groups is 1. The Balaban J connectivity index is -0.000000900. The zero-order chi connectivity index (χ0) is 41.3. The fourth-order valence-electron chi connectivity index (χ4n) is 6.58. The lowest BCUT2D eigenvalue weighted by Gasteiger charge is -2.14. The van der Waals surface area contributed by atoms with Crippen molar-refractivity contribution in [1.29, 1.82) is 0 Å². The Morgan fingerprint density at radius 1 is 0.564 bits per heavy atom. The number of quaternary nitrogens is 1. The molecule has 0 rings (SSSR count). The third-order valence-corrected chi connectivity index (χ3v) is 10.7. The maximum absolute atomic E-state index is 11.9. The molecule has 0 bridgehead atoms. The summed E-state index contributed by atoms with van der Waals surface area (Å²) >= 11 is 1.52. The van der Waals surface area contributed by atoms with Crippen molar-refractivity contribution in [2.24, 2.45) is 0 Å². The first-order chi connectivity index (χ1) is 26.9. The predicted molar refractivity (Wildman–Crippen MR) is 241 cm³/mol. The highest BCUT2D eigenvalue weighted by Gasteiger charge is 2.09. The standard InChI is InChI=1S/C24H48N2O3S.C15H30O2.C8H18/c1-3-4-5-6-7-10-13-17-23(27)18-14-11-8-9-12-15-20-26(29)21-16-19-25-24(28)22-30-2;1-3-5-7-9-11-13-15(17-14-16)12-10-8-6-4-2;1-3-5-7-8-6-4-2/h29H,3-22H2,1-2H3,(H,25,28);14-15H,3-13H2,1-2H3;3-8H2,1-2H3/p+1. The van der Waals surface area contributed by atoms with E-state index in [1.165, 1.54) is 159 Å². The zero-order valence-electron chi connectivity index (χ0n) is 37.8. The van der Waals surface area contributed by atoms with Gasteiger partial charge in [0, 0.05) is 25.8 Å². The number of unbranched alkanes of at least 4 members (excludes halogenated alkanes) is 23. The fraction of sp³-hybridized carbons (Fsp3) is 0.936. The Morgan fingerprint density at radius 2 is 0.927 bits per heavy atom. The number of Topliss-reactive ketones (excluding diaryl/α,β-unsaturated/α-hetero) is 1. The van der Waals surface area contributed by atoms with Crippen LogP contribution in [0.1, 0.15) is 247 Å². The lowest BCUT2D eigenvalue weighted by Crippen LogP contribution is -3.09. The third-order valence-electron chi connectivity index (χ3n) is 10.2. The highest BCUT2D eigenvalue weighted by molar-refractivity contribution is 7.99. The van der Waals surface area contributed by atoms with Crippen LogP contribution in [0.15, 0.2) is 0 Å². The molecule has 2 atom stereocenters. The summed E-state index contributed by atoms with van der Waals surface area (Å²) < 4.78 is 5.15. The molecule has 0 fully saturated rings. The highest BCUT2D eigenvalue weighted by atomic mass is 32.2. The normalized spacial score (nSPS) is 11.8. The number of ether oxygens (including phenoxy) is 1. The van der Waals surface area contributed by atoms with Gasteiger partial charge >= 0.3 is 0 Å². The zero-order valence-corrected chi connectivity index (χ0v) is 38.6. The molecule has 8 heteroatoms. The summed E-state index contributed by atoms with van der Waals surface area (Å²) in [5.41, 5.74) is 0. The van der Waals surface area contributed by atoms with Gasteiger partial charge in [0.25, 0.3) is 6.47 Å². The number of amides is 1. The topological polar surface area (TPSA) is 97.1 Å². The Bertz CT molecular complexity index is 751. The molecule has 0 saturated heterocycles. The van der Waals surface area contributed by atoms with Gasteiger partial charge in [-0.25, -0.2) is 5.21 Å². The molecule has 3 N–H and O–H groups in total. The number of carbonyl (C=O) groups is 3. The van der Waals surface area contributed by atoms with Gasteiger partial charge in [0.05, 0.1) is 5.75 Å². The second-order valence-corrected chi connectivity index (χ2v) is 16.7. The number of carbonyl (C=O) groups excluding carboxylic acids is 3. The minimum absolute atomic E-state index is 0.0708. The van der Waals surface area contributed by atoms with Gasteiger partial charge in [-0.1, -0.05) is 176 Å². The fourth-order valence-corrected chi connectivity index (χ4v) is 6.94. The Morgan fingerprint density at radius 3 is 1.35 bits per heavy atom. The Hall–Kier alpha value is -1.12. The van der Waals surface area contributed by atoms with Gasteiger partial charge < -0.3 is 10.1 Å². The van der Waals surface area contributed by atoms with E-state index in [9.17, 15) is 19.6 Å². The number of nitrogens with one attached hydrogen (secondary N) is 2. The minimum Gasteiger partial charge on any atom is -0.465 e. The van der Waals surface area contributed by atoms with E-state index in [0.29, 0.717) is 36.2 Å². The van der Waals surface area contributed by atoms with Crippen molar-refractivity contribution in [3.8, 4) is 0 Å². The summed E-state index contributed by atoms with van der Waals surface area (Å²) in [6.07, 6.45) is 42.1. The van der Waals surface area contributed by atoms with Crippen molar-refractivity contribution in [2.75, 3.05) is 31.6 Å². The molecule has 0 aromatic heterocycles. The minimum atomic E-state index is 0.0708. The van der Waals surface area contributed by atoms with Gasteiger partial charge in [-0.2, -0.15) is 16.8 Å². The first-order valence-corrected chi connectivity index (χ1v) is 25.2.